The number of carbonyl (C=O) groups is 1. The normalized spacial score (nSPS) is 21.2. The number of carbonyl (C=O) groups excluding carboxylic acids is 1. The summed E-state index contributed by atoms with van der Waals surface area (Å²) < 4.78 is 10.6. The van der Waals surface area contributed by atoms with E-state index in [0.717, 1.165) is 35.7 Å². The maximum absolute atomic E-state index is 12.0. The predicted octanol–water partition coefficient (Wildman–Crippen LogP) is 2.17. The highest BCUT2D eigenvalue weighted by Gasteiger charge is 2.21. The van der Waals surface area contributed by atoms with E-state index >= 15 is 0 Å². The lowest BCUT2D eigenvalue weighted by molar-refractivity contribution is -0.124. The molecule has 1 aromatic carbocycles. The number of hydrogen-bond donors (Lipinski definition) is 1. The first kappa shape index (κ1) is 12.7. The molecule has 3 rings (SSSR count). The van der Waals surface area contributed by atoms with Crippen molar-refractivity contribution in [1.82, 2.24) is 5.32 Å². The Morgan fingerprint density at radius 3 is 3.11 bits per heavy atom. The average Bonchev–Trinajstić information content (AvgIpc) is 2.93. The Labute approximate surface area is 116 Å². The van der Waals surface area contributed by atoms with Crippen LogP contribution in [0.1, 0.15) is 18.4 Å². The summed E-state index contributed by atoms with van der Waals surface area (Å²) in [6.45, 7) is 0.834. The number of ether oxygens (including phenoxy) is 2. The molecule has 2 heterocycles. The van der Waals surface area contributed by atoms with Crippen molar-refractivity contribution < 1.29 is 14.3 Å². The van der Waals surface area contributed by atoms with E-state index in [9.17, 15) is 4.79 Å². The molecule has 102 valence electrons. The second kappa shape index (κ2) is 5.74. The number of nitrogens with one attached hydrogen (secondary N) is 1. The van der Waals surface area contributed by atoms with Gasteiger partial charge in [0, 0.05) is 18.2 Å². The van der Waals surface area contributed by atoms with Crippen LogP contribution in [0.5, 0.6) is 11.5 Å². The van der Waals surface area contributed by atoms with Crippen molar-refractivity contribution in [3.05, 3.63) is 23.8 Å². The van der Waals surface area contributed by atoms with E-state index in [-0.39, 0.29) is 18.6 Å². The first-order valence-corrected chi connectivity index (χ1v) is 7.72. The summed E-state index contributed by atoms with van der Waals surface area (Å²) in [5.41, 5.74) is 1.04. The molecule has 1 fully saturated rings. The van der Waals surface area contributed by atoms with Crippen LogP contribution in [0.25, 0.3) is 0 Å². The fourth-order valence-corrected chi connectivity index (χ4v) is 3.47. The predicted molar refractivity (Wildman–Crippen MR) is 74.5 cm³/mol. The fourth-order valence-electron chi connectivity index (χ4n) is 2.33. The van der Waals surface area contributed by atoms with Crippen LogP contribution in [0.2, 0.25) is 0 Å². The number of benzene rings is 1. The van der Waals surface area contributed by atoms with Crippen LogP contribution in [0, 0.1) is 5.92 Å². The van der Waals surface area contributed by atoms with E-state index < -0.39 is 0 Å². The summed E-state index contributed by atoms with van der Waals surface area (Å²) in [6, 6.07) is 5.78. The Bertz CT molecular complexity index is 472. The molecule has 1 N–H and O–H groups in total. The molecule has 5 heteroatoms. The van der Waals surface area contributed by atoms with Gasteiger partial charge in [-0.1, -0.05) is 6.07 Å². The third-order valence-corrected chi connectivity index (χ3v) is 4.65. The first-order chi connectivity index (χ1) is 9.33. The van der Waals surface area contributed by atoms with Crippen molar-refractivity contribution >= 4 is 17.7 Å². The van der Waals surface area contributed by atoms with Crippen molar-refractivity contribution in [2.45, 2.75) is 19.4 Å². The summed E-state index contributed by atoms with van der Waals surface area (Å²) in [6.07, 6.45) is 2.16. The third kappa shape index (κ3) is 2.97. The molecule has 1 unspecified atom stereocenters. The lowest BCUT2D eigenvalue weighted by atomic mass is 10.0. The van der Waals surface area contributed by atoms with Gasteiger partial charge in [-0.2, -0.15) is 11.8 Å². The molecule has 0 bridgehead atoms. The first-order valence-electron chi connectivity index (χ1n) is 6.57. The Hall–Kier alpha value is -1.36. The van der Waals surface area contributed by atoms with E-state index in [2.05, 4.69) is 5.32 Å². The zero-order valence-electron chi connectivity index (χ0n) is 10.7. The van der Waals surface area contributed by atoms with Crippen LogP contribution < -0.4 is 14.8 Å². The van der Waals surface area contributed by atoms with Gasteiger partial charge in [-0.25, -0.2) is 0 Å². The van der Waals surface area contributed by atoms with Gasteiger partial charge in [0.1, 0.15) is 0 Å². The molecule has 1 amide bonds. The van der Waals surface area contributed by atoms with Gasteiger partial charge in [0.15, 0.2) is 11.5 Å². The Kier molecular flexibility index (Phi) is 3.82. The van der Waals surface area contributed by atoms with Crippen LogP contribution in [0.15, 0.2) is 18.2 Å². The highest BCUT2D eigenvalue weighted by Crippen LogP contribution is 2.32. The van der Waals surface area contributed by atoms with Crippen molar-refractivity contribution in [2.24, 2.45) is 5.92 Å². The topological polar surface area (TPSA) is 47.6 Å². The van der Waals surface area contributed by atoms with E-state index in [1.807, 2.05) is 30.0 Å². The minimum absolute atomic E-state index is 0.171. The van der Waals surface area contributed by atoms with Crippen LogP contribution in [0.3, 0.4) is 0 Å². The number of thioether (sulfide) groups is 1. The van der Waals surface area contributed by atoms with Gasteiger partial charge in [0.25, 0.3) is 0 Å². The van der Waals surface area contributed by atoms with Gasteiger partial charge in [0.2, 0.25) is 12.7 Å². The number of fused-ring (bicyclic) bond motifs is 1. The number of hydrogen-bond acceptors (Lipinski definition) is 4. The lowest BCUT2D eigenvalue weighted by Crippen LogP contribution is -2.33. The zero-order chi connectivity index (χ0) is 13.1. The molecular formula is C14H17NO3S. The second-order valence-electron chi connectivity index (χ2n) is 4.82. The van der Waals surface area contributed by atoms with E-state index in [1.165, 1.54) is 5.75 Å². The molecule has 4 nitrogen and oxygen atoms in total. The molecule has 1 saturated heterocycles. The summed E-state index contributed by atoms with van der Waals surface area (Å²) in [5.74, 6) is 4.02. The summed E-state index contributed by atoms with van der Waals surface area (Å²) >= 11 is 1.87. The average molecular weight is 279 g/mol. The van der Waals surface area contributed by atoms with Gasteiger partial charge in [-0.3, -0.25) is 4.79 Å². The SMILES string of the molecule is O=C(NCc1ccc2c(c1)OCO2)C1CCCSC1. The Balaban J connectivity index is 1.55. The summed E-state index contributed by atoms with van der Waals surface area (Å²) in [5, 5.41) is 3.01. The van der Waals surface area contributed by atoms with Gasteiger partial charge in [-0.05, 0) is 36.3 Å². The van der Waals surface area contributed by atoms with Crippen molar-refractivity contribution in [3.8, 4) is 11.5 Å². The van der Waals surface area contributed by atoms with E-state index in [4.69, 9.17) is 9.47 Å². The lowest BCUT2D eigenvalue weighted by Gasteiger charge is -2.20. The van der Waals surface area contributed by atoms with Gasteiger partial charge < -0.3 is 14.8 Å². The Morgan fingerprint density at radius 2 is 2.26 bits per heavy atom. The Morgan fingerprint density at radius 1 is 1.37 bits per heavy atom. The van der Waals surface area contributed by atoms with Crippen molar-refractivity contribution in [3.63, 3.8) is 0 Å². The van der Waals surface area contributed by atoms with Crippen LogP contribution in [-0.4, -0.2) is 24.2 Å². The molecule has 1 aromatic rings. The quantitative estimate of drug-likeness (QED) is 0.921. The maximum Gasteiger partial charge on any atom is 0.231 e. The number of amides is 1. The number of rotatable bonds is 3. The second-order valence-corrected chi connectivity index (χ2v) is 5.97. The monoisotopic (exact) mass is 279 g/mol. The van der Waals surface area contributed by atoms with E-state index in [1.54, 1.807) is 0 Å². The van der Waals surface area contributed by atoms with Crippen molar-refractivity contribution in [2.75, 3.05) is 18.3 Å². The summed E-state index contributed by atoms with van der Waals surface area (Å²) in [4.78, 5) is 12.0. The molecule has 2 aliphatic rings. The van der Waals surface area contributed by atoms with Gasteiger partial charge >= 0.3 is 0 Å². The third-order valence-electron chi connectivity index (χ3n) is 3.43. The molecule has 19 heavy (non-hydrogen) atoms. The molecule has 0 radical (unpaired) electrons. The summed E-state index contributed by atoms with van der Waals surface area (Å²) in [7, 11) is 0. The zero-order valence-corrected chi connectivity index (χ0v) is 11.5. The minimum atomic E-state index is 0.171. The maximum atomic E-state index is 12.0. The van der Waals surface area contributed by atoms with Crippen LogP contribution in [-0.2, 0) is 11.3 Å². The van der Waals surface area contributed by atoms with Crippen LogP contribution >= 0.6 is 11.8 Å². The minimum Gasteiger partial charge on any atom is -0.454 e. The molecule has 0 saturated carbocycles. The van der Waals surface area contributed by atoms with E-state index in [0.29, 0.717) is 6.54 Å². The highest BCUT2D eigenvalue weighted by molar-refractivity contribution is 7.99. The molecule has 1 atom stereocenters. The molecule has 2 aliphatic heterocycles. The fraction of sp³-hybridized carbons (Fsp3) is 0.500. The largest absolute Gasteiger partial charge is 0.454 e. The smallest absolute Gasteiger partial charge is 0.231 e. The van der Waals surface area contributed by atoms with Crippen LogP contribution in [0.4, 0.5) is 0 Å². The van der Waals surface area contributed by atoms with Crippen molar-refractivity contribution in [1.29, 1.82) is 0 Å². The molecular weight excluding hydrogens is 262 g/mol. The molecule has 0 aliphatic carbocycles. The molecule has 0 aromatic heterocycles. The highest BCUT2D eigenvalue weighted by atomic mass is 32.2. The van der Waals surface area contributed by atoms with Gasteiger partial charge in [-0.15, -0.1) is 0 Å². The molecule has 0 spiro atoms. The van der Waals surface area contributed by atoms with Gasteiger partial charge in [0.05, 0.1) is 0 Å². The standard InChI is InChI=1S/C14H17NO3S/c16-14(11-2-1-5-19-8-11)15-7-10-3-4-12-13(6-10)18-9-17-12/h3-4,6,11H,1-2,5,7-9H2,(H,15,16).